The molecule has 2 rings (SSSR count). The molecular weight excluding hydrogens is 268 g/mol. The molecule has 0 aliphatic heterocycles. The maximum atomic E-state index is 12.3. The van der Waals surface area contributed by atoms with Crippen LogP contribution < -0.4 is 4.90 Å². The van der Waals surface area contributed by atoms with Gasteiger partial charge in [-0.1, -0.05) is 6.07 Å². The molecule has 0 bridgehead atoms. The fourth-order valence-corrected chi connectivity index (χ4v) is 2.29. The van der Waals surface area contributed by atoms with Crippen LogP contribution in [0.4, 0.5) is 5.69 Å². The van der Waals surface area contributed by atoms with Gasteiger partial charge in [0.2, 0.25) is 5.91 Å². The molecule has 0 aliphatic carbocycles. The highest BCUT2D eigenvalue weighted by Crippen LogP contribution is 2.18. The molecule has 2 aromatic rings. The molecule has 1 heterocycles. The molecule has 1 aromatic heterocycles. The highest BCUT2D eigenvalue weighted by atomic mass is 16.4. The molecule has 0 radical (unpaired) electrons. The summed E-state index contributed by atoms with van der Waals surface area (Å²) in [6.45, 7) is 3.95. The standard InChI is InChI=1S/C16H18N2O3/c1-11-7-12(2)9-13(8-11)17(3)15(19)10-18-6-4-5-14(18)16(20)21/h4-9H,10H2,1-3H3,(H,20,21). The number of amides is 1. The monoisotopic (exact) mass is 286 g/mol. The number of carboxylic acids is 1. The number of carbonyl (C=O) groups excluding carboxylic acids is 1. The minimum absolute atomic E-state index is 0.00186. The summed E-state index contributed by atoms with van der Waals surface area (Å²) in [6, 6.07) is 8.99. The van der Waals surface area contributed by atoms with Crippen LogP contribution >= 0.6 is 0 Å². The summed E-state index contributed by atoms with van der Waals surface area (Å²) in [6.07, 6.45) is 1.59. The first-order valence-corrected chi connectivity index (χ1v) is 6.62. The molecule has 1 N–H and O–H groups in total. The number of benzene rings is 1. The van der Waals surface area contributed by atoms with Crippen LogP contribution in [0.5, 0.6) is 0 Å². The van der Waals surface area contributed by atoms with Crippen LogP contribution in [0.3, 0.4) is 0 Å². The normalized spacial score (nSPS) is 10.4. The van der Waals surface area contributed by atoms with E-state index >= 15 is 0 Å². The van der Waals surface area contributed by atoms with Crippen molar-refractivity contribution in [2.24, 2.45) is 0 Å². The molecule has 5 heteroatoms. The summed E-state index contributed by atoms with van der Waals surface area (Å²) in [5.74, 6) is -1.21. The number of aromatic nitrogens is 1. The number of rotatable bonds is 4. The number of anilines is 1. The molecule has 110 valence electrons. The lowest BCUT2D eigenvalue weighted by Gasteiger charge is -2.19. The third-order valence-corrected chi connectivity index (χ3v) is 3.32. The van der Waals surface area contributed by atoms with Gasteiger partial charge >= 0.3 is 5.97 Å². The van der Waals surface area contributed by atoms with E-state index in [4.69, 9.17) is 5.11 Å². The number of carbonyl (C=O) groups is 2. The van der Waals surface area contributed by atoms with Crippen molar-refractivity contribution < 1.29 is 14.7 Å². The Morgan fingerprint density at radius 2 is 1.81 bits per heavy atom. The summed E-state index contributed by atoms with van der Waals surface area (Å²) in [4.78, 5) is 24.9. The molecule has 0 atom stereocenters. The van der Waals surface area contributed by atoms with E-state index in [1.807, 2.05) is 32.0 Å². The molecular formula is C16H18N2O3. The minimum Gasteiger partial charge on any atom is -0.477 e. The van der Waals surface area contributed by atoms with Gasteiger partial charge in [0, 0.05) is 18.9 Å². The SMILES string of the molecule is Cc1cc(C)cc(N(C)C(=O)Cn2cccc2C(=O)O)c1. The summed E-state index contributed by atoms with van der Waals surface area (Å²) >= 11 is 0. The average molecular weight is 286 g/mol. The molecule has 0 saturated carbocycles. The number of carboxylic acid groups (broad SMARTS) is 1. The molecule has 0 spiro atoms. The second-order valence-electron chi connectivity index (χ2n) is 5.13. The fraction of sp³-hybridized carbons (Fsp3) is 0.250. The molecule has 1 amide bonds. The Kier molecular flexibility index (Phi) is 4.12. The van der Waals surface area contributed by atoms with E-state index in [0.29, 0.717) is 0 Å². The van der Waals surface area contributed by atoms with Crippen LogP contribution in [-0.4, -0.2) is 28.6 Å². The van der Waals surface area contributed by atoms with Gasteiger partial charge in [0.25, 0.3) is 0 Å². The molecule has 0 saturated heterocycles. The van der Waals surface area contributed by atoms with Gasteiger partial charge in [-0.05, 0) is 49.2 Å². The lowest BCUT2D eigenvalue weighted by Crippen LogP contribution is -2.30. The molecule has 5 nitrogen and oxygen atoms in total. The van der Waals surface area contributed by atoms with Gasteiger partial charge < -0.3 is 14.6 Å². The van der Waals surface area contributed by atoms with Crippen LogP contribution in [-0.2, 0) is 11.3 Å². The van der Waals surface area contributed by atoms with E-state index in [1.54, 1.807) is 24.2 Å². The predicted octanol–water partition coefficient (Wildman–Crippen LogP) is 2.47. The third-order valence-electron chi connectivity index (χ3n) is 3.32. The number of aromatic carboxylic acids is 1. The van der Waals surface area contributed by atoms with Crippen molar-refractivity contribution >= 4 is 17.6 Å². The van der Waals surface area contributed by atoms with Gasteiger partial charge in [-0.15, -0.1) is 0 Å². The zero-order chi connectivity index (χ0) is 15.6. The number of likely N-dealkylation sites (N-methyl/N-ethyl adjacent to an activating group) is 1. The van der Waals surface area contributed by atoms with Gasteiger partial charge in [-0.2, -0.15) is 0 Å². The highest BCUT2D eigenvalue weighted by molar-refractivity contribution is 5.94. The first-order valence-electron chi connectivity index (χ1n) is 6.62. The zero-order valence-corrected chi connectivity index (χ0v) is 12.3. The smallest absolute Gasteiger partial charge is 0.352 e. The Bertz CT molecular complexity index is 668. The van der Waals surface area contributed by atoms with Crippen molar-refractivity contribution in [1.29, 1.82) is 0 Å². The van der Waals surface area contributed by atoms with E-state index in [1.165, 1.54) is 10.6 Å². The van der Waals surface area contributed by atoms with Crippen LogP contribution in [0.2, 0.25) is 0 Å². The molecule has 0 unspecified atom stereocenters. The van der Waals surface area contributed by atoms with E-state index in [2.05, 4.69) is 0 Å². The number of hydrogen-bond donors (Lipinski definition) is 1. The van der Waals surface area contributed by atoms with Crippen molar-refractivity contribution in [2.75, 3.05) is 11.9 Å². The van der Waals surface area contributed by atoms with E-state index in [-0.39, 0.29) is 18.1 Å². The maximum absolute atomic E-state index is 12.3. The summed E-state index contributed by atoms with van der Waals surface area (Å²) in [7, 11) is 1.69. The zero-order valence-electron chi connectivity index (χ0n) is 12.3. The Hall–Kier alpha value is -2.56. The fourth-order valence-electron chi connectivity index (χ4n) is 2.29. The van der Waals surface area contributed by atoms with E-state index < -0.39 is 5.97 Å². The number of aryl methyl sites for hydroxylation is 2. The van der Waals surface area contributed by atoms with Crippen molar-refractivity contribution in [1.82, 2.24) is 4.57 Å². The topological polar surface area (TPSA) is 62.5 Å². The molecule has 0 fully saturated rings. The molecule has 1 aromatic carbocycles. The van der Waals surface area contributed by atoms with Crippen LogP contribution in [0.15, 0.2) is 36.5 Å². The predicted molar refractivity (Wildman–Crippen MR) is 80.7 cm³/mol. The van der Waals surface area contributed by atoms with E-state index in [0.717, 1.165) is 16.8 Å². The highest BCUT2D eigenvalue weighted by Gasteiger charge is 2.16. The average Bonchev–Trinajstić information content (AvgIpc) is 2.84. The first-order chi connectivity index (χ1) is 9.88. The molecule has 21 heavy (non-hydrogen) atoms. The summed E-state index contributed by atoms with van der Waals surface area (Å²) < 4.78 is 1.43. The number of nitrogens with zero attached hydrogens (tertiary/aromatic N) is 2. The lowest BCUT2D eigenvalue weighted by molar-refractivity contribution is -0.118. The minimum atomic E-state index is -1.04. The second kappa shape index (κ2) is 5.83. The second-order valence-corrected chi connectivity index (χ2v) is 5.13. The first kappa shape index (κ1) is 14.8. The third kappa shape index (κ3) is 3.31. The largest absolute Gasteiger partial charge is 0.477 e. The van der Waals surface area contributed by atoms with Crippen molar-refractivity contribution in [3.05, 3.63) is 53.3 Å². The quantitative estimate of drug-likeness (QED) is 0.939. The van der Waals surface area contributed by atoms with Crippen molar-refractivity contribution in [3.8, 4) is 0 Å². The Balaban J connectivity index is 2.19. The van der Waals surface area contributed by atoms with Crippen LogP contribution in [0.1, 0.15) is 21.6 Å². The summed E-state index contributed by atoms with van der Waals surface area (Å²) in [5, 5.41) is 9.05. The maximum Gasteiger partial charge on any atom is 0.352 e. The molecule has 0 aliphatic rings. The van der Waals surface area contributed by atoms with Gasteiger partial charge in [0.15, 0.2) is 0 Å². The van der Waals surface area contributed by atoms with Gasteiger partial charge in [0.05, 0.1) is 0 Å². The van der Waals surface area contributed by atoms with Crippen molar-refractivity contribution in [3.63, 3.8) is 0 Å². The van der Waals surface area contributed by atoms with Gasteiger partial charge in [0.1, 0.15) is 12.2 Å². The Morgan fingerprint density at radius 1 is 1.19 bits per heavy atom. The van der Waals surface area contributed by atoms with Crippen LogP contribution in [0, 0.1) is 13.8 Å². The van der Waals surface area contributed by atoms with Crippen LogP contribution in [0.25, 0.3) is 0 Å². The van der Waals surface area contributed by atoms with Crippen molar-refractivity contribution in [2.45, 2.75) is 20.4 Å². The number of hydrogen-bond acceptors (Lipinski definition) is 2. The Morgan fingerprint density at radius 3 is 2.38 bits per heavy atom. The van der Waals surface area contributed by atoms with Gasteiger partial charge in [-0.25, -0.2) is 4.79 Å². The summed E-state index contributed by atoms with van der Waals surface area (Å²) in [5.41, 5.74) is 3.08. The Labute approximate surface area is 123 Å². The lowest BCUT2D eigenvalue weighted by atomic mass is 10.1. The van der Waals surface area contributed by atoms with Gasteiger partial charge in [-0.3, -0.25) is 4.79 Å². The van der Waals surface area contributed by atoms with E-state index in [9.17, 15) is 9.59 Å².